The van der Waals surface area contributed by atoms with Crippen molar-refractivity contribution in [2.24, 2.45) is 13.0 Å². The average Bonchev–Trinajstić information content (AvgIpc) is 3.19. The van der Waals surface area contributed by atoms with Crippen LogP contribution in [-0.4, -0.2) is 60.6 Å². The SMILES string of the molecule is CC1CC(F)(F)CN(C(=O)c2nn(C)cc2-c2ccccn2)C1CNc1ncc(C(F)(F)F)cn1. The first-order chi connectivity index (χ1) is 16.4. The summed E-state index contributed by atoms with van der Waals surface area (Å²) in [6.45, 7) is 0.722. The van der Waals surface area contributed by atoms with E-state index in [1.807, 2.05) is 0 Å². The van der Waals surface area contributed by atoms with Crippen molar-refractivity contribution in [1.29, 1.82) is 0 Å². The van der Waals surface area contributed by atoms with Crippen LogP contribution in [0.2, 0.25) is 0 Å². The lowest BCUT2D eigenvalue weighted by Gasteiger charge is -2.43. The second kappa shape index (κ2) is 9.19. The summed E-state index contributed by atoms with van der Waals surface area (Å²) in [6.07, 6.45) is -0.645. The topological polar surface area (TPSA) is 88.8 Å². The average molecular weight is 495 g/mol. The molecule has 3 aromatic heterocycles. The largest absolute Gasteiger partial charge is 0.419 e. The third-order valence-corrected chi connectivity index (χ3v) is 5.76. The summed E-state index contributed by atoms with van der Waals surface area (Å²) < 4.78 is 68.7. The summed E-state index contributed by atoms with van der Waals surface area (Å²) in [5.41, 5.74) is -0.166. The molecule has 0 bridgehead atoms. The Balaban J connectivity index is 1.60. The number of piperidine rings is 1. The molecule has 13 heteroatoms. The van der Waals surface area contributed by atoms with Crippen molar-refractivity contribution in [3.63, 3.8) is 0 Å². The molecular formula is C22H22F5N7O. The van der Waals surface area contributed by atoms with E-state index in [9.17, 15) is 26.7 Å². The number of hydrogen-bond acceptors (Lipinski definition) is 6. The fourth-order valence-corrected chi connectivity index (χ4v) is 4.13. The molecule has 0 spiro atoms. The summed E-state index contributed by atoms with van der Waals surface area (Å²) in [7, 11) is 1.61. The third-order valence-electron chi connectivity index (χ3n) is 5.76. The molecule has 0 aliphatic carbocycles. The monoisotopic (exact) mass is 495 g/mol. The highest BCUT2D eigenvalue weighted by Crippen LogP contribution is 2.36. The van der Waals surface area contributed by atoms with Crippen LogP contribution < -0.4 is 5.32 Å². The van der Waals surface area contributed by atoms with Gasteiger partial charge in [-0.3, -0.25) is 14.5 Å². The lowest BCUT2D eigenvalue weighted by Crippen LogP contribution is -2.57. The van der Waals surface area contributed by atoms with Crippen molar-refractivity contribution in [2.45, 2.75) is 31.5 Å². The highest BCUT2D eigenvalue weighted by molar-refractivity contribution is 5.98. The Morgan fingerprint density at radius 2 is 1.91 bits per heavy atom. The van der Waals surface area contributed by atoms with Crippen molar-refractivity contribution < 1.29 is 26.7 Å². The number of pyridine rings is 1. The number of halogens is 5. The van der Waals surface area contributed by atoms with E-state index in [0.29, 0.717) is 23.7 Å². The van der Waals surface area contributed by atoms with E-state index in [0.717, 1.165) is 4.90 Å². The first kappa shape index (κ1) is 24.5. The zero-order valence-electron chi connectivity index (χ0n) is 18.8. The number of likely N-dealkylation sites (tertiary alicyclic amines) is 1. The minimum atomic E-state index is -4.58. The van der Waals surface area contributed by atoms with Gasteiger partial charge in [-0.2, -0.15) is 18.3 Å². The number of alkyl halides is 5. The molecule has 1 aliphatic heterocycles. The quantitative estimate of drug-likeness (QED) is 0.541. The van der Waals surface area contributed by atoms with Crippen molar-refractivity contribution >= 4 is 11.9 Å². The fraction of sp³-hybridized carbons (Fsp3) is 0.409. The van der Waals surface area contributed by atoms with Gasteiger partial charge >= 0.3 is 6.18 Å². The van der Waals surface area contributed by atoms with Gasteiger partial charge in [0, 0.05) is 44.8 Å². The molecule has 0 radical (unpaired) electrons. The molecule has 2 atom stereocenters. The Labute approximate surface area is 197 Å². The Morgan fingerprint density at radius 3 is 2.54 bits per heavy atom. The molecule has 1 N–H and O–H groups in total. The smallest absolute Gasteiger partial charge is 0.352 e. The fourth-order valence-electron chi connectivity index (χ4n) is 4.13. The number of hydrogen-bond donors (Lipinski definition) is 1. The molecule has 1 fully saturated rings. The van der Waals surface area contributed by atoms with Crippen LogP contribution in [0.25, 0.3) is 11.3 Å². The van der Waals surface area contributed by atoms with Gasteiger partial charge in [0.05, 0.1) is 29.4 Å². The van der Waals surface area contributed by atoms with Gasteiger partial charge in [-0.15, -0.1) is 0 Å². The highest BCUT2D eigenvalue weighted by Gasteiger charge is 2.47. The molecule has 1 aliphatic rings. The van der Waals surface area contributed by atoms with E-state index in [2.05, 4.69) is 25.4 Å². The van der Waals surface area contributed by atoms with Crippen molar-refractivity contribution in [3.05, 3.63) is 54.2 Å². The summed E-state index contributed by atoms with van der Waals surface area (Å²) in [5, 5.41) is 6.98. The molecule has 2 unspecified atom stereocenters. The van der Waals surface area contributed by atoms with Gasteiger partial charge in [0.1, 0.15) is 0 Å². The van der Waals surface area contributed by atoms with Crippen LogP contribution >= 0.6 is 0 Å². The number of carbonyl (C=O) groups excluding carboxylic acids is 1. The maximum Gasteiger partial charge on any atom is 0.419 e. The van der Waals surface area contributed by atoms with E-state index in [-0.39, 0.29) is 18.2 Å². The molecule has 3 aromatic rings. The van der Waals surface area contributed by atoms with Crippen LogP contribution in [0, 0.1) is 5.92 Å². The summed E-state index contributed by atoms with van der Waals surface area (Å²) in [6, 6.07) is 4.41. The predicted octanol–water partition coefficient (Wildman–Crippen LogP) is 3.89. The molecular weight excluding hydrogens is 473 g/mol. The van der Waals surface area contributed by atoms with E-state index < -0.39 is 48.5 Å². The van der Waals surface area contributed by atoms with E-state index in [1.54, 1.807) is 44.6 Å². The number of nitrogens with one attached hydrogen (secondary N) is 1. The minimum Gasteiger partial charge on any atom is -0.352 e. The highest BCUT2D eigenvalue weighted by atomic mass is 19.4. The summed E-state index contributed by atoms with van der Waals surface area (Å²) in [4.78, 5) is 26.1. The Bertz CT molecular complexity index is 1180. The second-order valence-electron chi connectivity index (χ2n) is 8.49. The molecule has 1 saturated heterocycles. The standard InChI is InChI=1S/C22H22F5N7O/c1-13-7-21(23,24)12-34(17(13)10-31-20-29-8-14(9-30-20)22(25,26)27)19(35)18-15(11-33(2)32-18)16-5-3-4-6-28-16/h3-6,8-9,11,13,17H,7,10,12H2,1-2H3,(H,29,30,31). The molecule has 186 valence electrons. The molecule has 35 heavy (non-hydrogen) atoms. The first-order valence-corrected chi connectivity index (χ1v) is 10.7. The summed E-state index contributed by atoms with van der Waals surface area (Å²) >= 11 is 0. The number of rotatable bonds is 5. The van der Waals surface area contributed by atoms with Crippen molar-refractivity contribution in [2.75, 3.05) is 18.4 Å². The molecule has 1 amide bonds. The number of aryl methyl sites for hydroxylation is 1. The number of aromatic nitrogens is 5. The predicted molar refractivity (Wildman–Crippen MR) is 116 cm³/mol. The van der Waals surface area contributed by atoms with Crippen LogP contribution in [0.3, 0.4) is 0 Å². The van der Waals surface area contributed by atoms with Crippen LogP contribution in [0.5, 0.6) is 0 Å². The van der Waals surface area contributed by atoms with Crippen molar-refractivity contribution in [1.82, 2.24) is 29.6 Å². The summed E-state index contributed by atoms with van der Waals surface area (Å²) in [5.74, 6) is -4.55. The van der Waals surface area contributed by atoms with E-state index >= 15 is 0 Å². The van der Waals surface area contributed by atoms with Gasteiger partial charge in [-0.1, -0.05) is 13.0 Å². The number of anilines is 1. The molecule has 0 saturated carbocycles. The number of carbonyl (C=O) groups is 1. The van der Waals surface area contributed by atoms with Gasteiger partial charge in [0.2, 0.25) is 5.95 Å². The Morgan fingerprint density at radius 1 is 1.20 bits per heavy atom. The maximum atomic E-state index is 14.5. The van der Waals surface area contributed by atoms with Gasteiger partial charge in [-0.05, 0) is 18.1 Å². The van der Waals surface area contributed by atoms with Crippen LogP contribution in [0.1, 0.15) is 29.4 Å². The molecule has 4 rings (SSSR count). The number of amides is 1. The minimum absolute atomic E-state index is 0.0214. The van der Waals surface area contributed by atoms with Crippen LogP contribution in [0.4, 0.5) is 27.9 Å². The maximum absolute atomic E-state index is 14.5. The lowest BCUT2D eigenvalue weighted by atomic mass is 9.88. The lowest BCUT2D eigenvalue weighted by molar-refractivity contribution is -0.138. The second-order valence-corrected chi connectivity index (χ2v) is 8.49. The van der Waals surface area contributed by atoms with Gasteiger partial charge < -0.3 is 10.2 Å². The van der Waals surface area contributed by atoms with Crippen molar-refractivity contribution in [3.8, 4) is 11.3 Å². The molecule has 8 nitrogen and oxygen atoms in total. The third kappa shape index (κ3) is 5.38. The Kier molecular flexibility index (Phi) is 6.43. The normalized spacial score (nSPS) is 20.0. The zero-order chi connectivity index (χ0) is 25.4. The molecule has 0 aromatic carbocycles. The van der Waals surface area contributed by atoms with E-state index in [4.69, 9.17) is 0 Å². The van der Waals surface area contributed by atoms with Gasteiger partial charge in [-0.25, -0.2) is 18.7 Å². The first-order valence-electron chi connectivity index (χ1n) is 10.7. The van der Waals surface area contributed by atoms with Crippen LogP contribution in [0.15, 0.2) is 43.0 Å². The van der Waals surface area contributed by atoms with Gasteiger partial charge in [0.15, 0.2) is 5.69 Å². The van der Waals surface area contributed by atoms with Gasteiger partial charge in [0.25, 0.3) is 11.8 Å². The molecule has 4 heterocycles. The number of nitrogens with zero attached hydrogens (tertiary/aromatic N) is 6. The zero-order valence-corrected chi connectivity index (χ0v) is 18.8. The Hall–Kier alpha value is -3.64. The van der Waals surface area contributed by atoms with Crippen LogP contribution in [-0.2, 0) is 13.2 Å². The van der Waals surface area contributed by atoms with E-state index in [1.165, 1.54) is 4.68 Å².